The van der Waals surface area contributed by atoms with Crippen LogP contribution in [0.15, 0.2) is 55.6 Å². The van der Waals surface area contributed by atoms with Gasteiger partial charge in [0.1, 0.15) is 0 Å². The van der Waals surface area contributed by atoms with Gasteiger partial charge in [0.2, 0.25) is 0 Å². The van der Waals surface area contributed by atoms with Gasteiger partial charge < -0.3 is 15.0 Å². The summed E-state index contributed by atoms with van der Waals surface area (Å²) in [6.07, 6.45) is 2.04. The van der Waals surface area contributed by atoms with Gasteiger partial charge in [-0.3, -0.25) is 0 Å². The van der Waals surface area contributed by atoms with Gasteiger partial charge in [0.15, 0.2) is 11.6 Å². The van der Waals surface area contributed by atoms with Crippen molar-refractivity contribution in [3.05, 3.63) is 41.9 Å². The van der Waals surface area contributed by atoms with Crippen molar-refractivity contribution < 1.29 is 4.74 Å². The second kappa shape index (κ2) is 6.22. The molecule has 116 valence electrons. The Morgan fingerprint density at radius 2 is 1.95 bits per heavy atom. The van der Waals surface area contributed by atoms with Crippen LogP contribution in [0.4, 0.5) is 0 Å². The minimum Gasteiger partial charge on any atom is -0.488 e. The van der Waals surface area contributed by atoms with Crippen LogP contribution in [-0.2, 0) is 15.6 Å². The van der Waals surface area contributed by atoms with Crippen LogP contribution in [0, 0.1) is 0 Å². The molecule has 3 aliphatic heterocycles. The highest BCUT2D eigenvalue weighted by molar-refractivity contribution is 7.86. The van der Waals surface area contributed by atoms with Crippen molar-refractivity contribution in [2.75, 3.05) is 32.8 Å². The average Bonchev–Trinajstić information content (AvgIpc) is 2.62. The van der Waals surface area contributed by atoms with E-state index in [0.29, 0.717) is 0 Å². The lowest BCUT2D eigenvalue weighted by Crippen LogP contribution is -2.44. The monoisotopic (exact) mass is 316 g/mol. The first-order valence-electron chi connectivity index (χ1n) is 7.84. The normalized spacial score (nSPS) is 25.0. The first kappa shape index (κ1) is 14.0. The first-order chi connectivity index (χ1) is 10.9. The van der Waals surface area contributed by atoms with Gasteiger partial charge in [-0.05, 0) is 25.0 Å². The van der Waals surface area contributed by atoms with Gasteiger partial charge in [-0.1, -0.05) is 18.2 Å². The van der Waals surface area contributed by atoms with Crippen molar-refractivity contribution in [2.24, 2.45) is 8.76 Å². The summed E-state index contributed by atoms with van der Waals surface area (Å²) in [5.41, 5.74) is 1.10. The minimum absolute atomic E-state index is 0.445. The number of piperazine rings is 1. The maximum absolute atomic E-state index is 5.93. The van der Waals surface area contributed by atoms with Crippen LogP contribution in [0.2, 0.25) is 0 Å². The summed E-state index contributed by atoms with van der Waals surface area (Å²) >= 11 is 0. The Morgan fingerprint density at radius 3 is 2.77 bits per heavy atom. The molecule has 5 nitrogen and oxygen atoms in total. The molecule has 0 radical (unpaired) electrons. The zero-order valence-corrected chi connectivity index (χ0v) is 13.3. The summed E-state index contributed by atoms with van der Waals surface area (Å²) in [6.45, 7) is 4.73. The fourth-order valence-corrected chi connectivity index (χ4v) is 4.26. The number of hydrogen-bond acceptors (Lipinski definition) is 5. The van der Waals surface area contributed by atoms with Gasteiger partial charge in [-0.15, -0.1) is 0 Å². The molecule has 3 aliphatic rings. The first-order valence-corrected chi connectivity index (χ1v) is 8.98. The van der Waals surface area contributed by atoms with E-state index in [9.17, 15) is 0 Å². The maximum atomic E-state index is 5.93. The van der Waals surface area contributed by atoms with E-state index in [0.717, 1.165) is 62.9 Å². The molecule has 4 rings (SSSR count). The number of nitrogens with one attached hydrogen (secondary N) is 1. The van der Waals surface area contributed by atoms with Gasteiger partial charge in [0.25, 0.3) is 0 Å². The predicted molar refractivity (Wildman–Crippen MR) is 88.6 cm³/mol. The summed E-state index contributed by atoms with van der Waals surface area (Å²) in [7, 11) is -0.445. The van der Waals surface area contributed by atoms with Crippen LogP contribution in [-0.4, -0.2) is 43.4 Å². The Hall–Kier alpha value is -1.66. The molecule has 1 aromatic carbocycles. The highest BCUT2D eigenvalue weighted by atomic mass is 32.2. The van der Waals surface area contributed by atoms with Crippen LogP contribution >= 0.6 is 0 Å². The maximum Gasteiger partial charge on any atom is 0.184 e. The zero-order chi connectivity index (χ0) is 14.8. The van der Waals surface area contributed by atoms with Crippen LogP contribution < -0.4 is 5.32 Å². The molecular weight excluding hydrogens is 296 g/mol. The lowest BCUT2D eigenvalue weighted by atomic mass is 10.1. The smallest absolute Gasteiger partial charge is 0.184 e. The number of hydrogen-bond donors (Lipinski definition) is 1. The van der Waals surface area contributed by atoms with Crippen molar-refractivity contribution >= 4 is 16.6 Å². The van der Waals surface area contributed by atoms with Gasteiger partial charge >= 0.3 is 0 Å². The lowest BCUT2D eigenvalue weighted by molar-refractivity contribution is 0.192. The van der Waals surface area contributed by atoms with E-state index in [1.807, 2.05) is 6.07 Å². The number of fused-ring (bicyclic) bond motifs is 1. The molecule has 1 atom stereocenters. The van der Waals surface area contributed by atoms with E-state index >= 15 is 0 Å². The van der Waals surface area contributed by atoms with Crippen molar-refractivity contribution in [2.45, 2.75) is 17.7 Å². The van der Waals surface area contributed by atoms with Crippen LogP contribution in [0.25, 0.3) is 0 Å². The molecule has 6 heteroatoms. The van der Waals surface area contributed by atoms with E-state index in [4.69, 9.17) is 13.5 Å². The predicted octanol–water partition coefficient (Wildman–Crippen LogP) is 2.10. The Balaban J connectivity index is 1.76. The van der Waals surface area contributed by atoms with Gasteiger partial charge in [-0.25, -0.2) is 4.40 Å². The summed E-state index contributed by atoms with van der Waals surface area (Å²) in [4.78, 5) is 3.52. The Labute approximate surface area is 133 Å². The highest BCUT2D eigenvalue weighted by Crippen LogP contribution is 2.29. The molecule has 0 amide bonds. The van der Waals surface area contributed by atoms with E-state index in [2.05, 4.69) is 34.5 Å². The number of benzene rings is 1. The molecule has 3 heterocycles. The molecule has 22 heavy (non-hydrogen) atoms. The molecule has 0 bridgehead atoms. The Bertz CT molecular complexity index is 647. The van der Waals surface area contributed by atoms with Crippen molar-refractivity contribution in [3.63, 3.8) is 0 Å². The summed E-state index contributed by atoms with van der Waals surface area (Å²) < 4.78 is 15.8. The molecule has 0 saturated carbocycles. The topological polar surface area (TPSA) is 49.2 Å². The van der Waals surface area contributed by atoms with Crippen LogP contribution in [0.1, 0.15) is 12.8 Å². The van der Waals surface area contributed by atoms with Gasteiger partial charge in [0.05, 0.1) is 23.2 Å². The number of nitrogens with zero attached hydrogens (tertiary/aromatic N) is 3. The number of ether oxygens (including phenoxy) is 1. The number of rotatable bonds is 2. The Morgan fingerprint density at radius 1 is 1.14 bits per heavy atom. The molecule has 1 unspecified atom stereocenters. The zero-order valence-electron chi connectivity index (χ0n) is 12.5. The van der Waals surface area contributed by atoms with Crippen LogP contribution in [0.5, 0.6) is 0 Å². The molecule has 0 spiro atoms. The number of allylic oxidation sites excluding steroid dienone is 1. The van der Waals surface area contributed by atoms with E-state index in [-0.39, 0.29) is 0 Å². The molecule has 1 aromatic rings. The van der Waals surface area contributed by atoms with E-state index < -0.39 is 10.9 Å². The van der Waals surface area contributed by atoms with Gasteiger partial charge in [-0.2, -0.15) is 4.36 Å². The molecule has 2 fully saturated rings. The standard InChI is InChI=1S/C16H20N4OS/c1-2-5-13(6-3-1)22-18-14-7-4-12-21-15(14)16(19-22)20-10-8-17-9-11-20/h1-3,5-6,17H,4,7-12H2. The van der Waals surface area contributed by atoms with Crippen molar-refractivity contribution in [1.29, 1.82) is 0 Å². The highest BCUT2D eigenvalue weighted by Gasteiger charge is 2.28. The molecule has 0 aromatic heterocycles. The minimum atomic E-state index is -0.445. The third-order valence-electron chi connectivity index (χ3n) is 4.01. The van der Waals surface area contributed by atoms with E-state index in [1.165, 1.54) is 4.90 Å². The third-order valence-corrected chi connectivity index (χ3v) is 5.44. The van der Waals surface area contributed by atoms with Gasteiger partial charge in [0, 0.05) is 31.1 Å². The van der Waals surface area contributed by atoms with Crippen molar-refractivity contribution in [1.82, 2.24) is 10.2 Å². The molecule has 1 N–H and O–H groups in total. The SMILES string of the molecule is c1ccc(S2=NC(N3CCNCC3)=C3OCCCC3=N2)cc1. The summed E-state index contributed by atoms with van der Waals surface area (Å²) in [6, 6.07) is 10.4. The molecular formula is C16H20N4OS. The lowest BCUT2D eigenvalue weighted by Gasteiger charge is -2.33. The Kier molecular flexibility index (Phi) is 3.95. The van der Waals surface area contributed by atoms with Crippen molar-refractivity contribution in [3.8, 4) is 0 Å². The van der Waals surface area contributed by atoms with Crippen LogP contribution in [0.3, 0.4) is 0 Å². The largest absolute Gasteiger partial charge is 0.488 e. The second-order valence-electron chi connectivity index (χ2n) is 5.55. The fourth-order valence-electron chi connectivity index (χ4n) is 2.87. The summed E-state index contributed by atoms with van der Waals surface area (Å²) in [5.74, 6) is 1.94. The quantitative estimate of drug-likeness (QED) is 0.909. The molecule has 2 saturated heterocycles. The van der Waals surface area contributed by atoms with E-state index in [1.54, 1.807) is 0 Å². The second-order valence-corrected chi connectivity index (χ2v) is 6.91. The third kappa shape index (κ3) is 2.68. The average molecular weight is 316 g/mol. The summed E-state index contributed by atoms with van der Waals surface area (Å²) in [5, 5.41) is 3.39. The fraction of sp³-hybridized carbons (Fsp3) is 0.438. The molecule has 0 aliphatic carbocycles.